The van der Waals surface area contributed by atoms with E-state index in [1.165, 1.54) is 70.8 Å². The van der Waals surface area contributed by atoms with Gasteiger partial charge in [0, 0.05) is 44.3 Å². The van der Waals surface area contributed by atoms with Gasteiger partial charge in [-0.1, -0.05) is 170 Å². The zero-order valence-corrected chi connectivity index (χ0v) is 37.6. The molecule has 0 atom stereocenters. The number of para-hydroxylation sites is 3. The van der Waals surface area contributed by atoms with Crippen LogP contribution in [0.4, 0.5) is 17.1 Å². The van der Waals surface area contributed by atoms with E-state index in [0.717, 1.165) is 61.4 Å². The quantitative estimate of drug-likeness (QED) is 0.149. The Morgan fingerprint density at radius 2 is 0.667 bits per heavy atom. The van der Waals surface area contributed by atoms with Gasteiger partial charge in [-0.15, -0.1) is 0 Å². The van der Waals surface area contributed by atoms with E-state index in [1.807, 2.05) is 12.1 Å². The molecule has 0 bridgehead atoms. The van der Waals surface area contributed by atoms with E-state index in [9.17, 15) is 0 Å². The molecule has 0 spiro atoms. The SMILES string of the molecule is c1cc(-c2ccc(N(c3ccc(-c4ccc5c(c4)oc4ccccc45)cc3)c3ccc4c5ccccc5c5ccccc5c4c3)cc2)cc(-c2cccc(-n3c4ccccc4c4ccccc43)c2)c1. The monoisotopic (exact) mass is 878 g/mol. The van der Waals surface area contributed by atoms with Crippen LogP contribution in [0.1, 0.15) is 0 Å². The minimum atomic E-state index is 0.897. The summed E-state index contributed by atoms with van der Waals surface area (Å²) in [6.07, 6.45) is 0. The Kier molecular flexibility index (Phi) is 8.90. The molecule has 0 unspecified atom stereocenters. The van der Waals surface area contributed by atoms with Crippen molar-refractivity contribution in [2.75, 3.05) is 4.90 Å². The van der Waals surface area contributed by atoms with Crippen molar-refractivity contribution >= 4 is 93.1 Å². The van der Waals surface area contributed by atoms with Crippen molar-refractivity contribution in [3.63, 3.8) is 0 Å². The van der Waals surface area contributed by atoms with E-state index in [1.54, 1.807) is 0 Å². The van der Waals surface area contributed by atoms with Crippen molar-refractivity contribution < 1.29 is 4.42 Å². The lowest BCUT2D eigenvalue weighted by Gasteiger charge is -2.27. The van der Waals surface area contributed by atoms with Crippen LogP contribution in [0.2, 0.25) is 0 Å². The molecule has 69 heavy (non-hydrogen) atoms. The van der Waals surface area contributed by atoms with Crippen molar-refractivity contribution in [2.24, 2.45) is 0 Å². The van der Waals surface area contributed by atoms with E-state index in [2.05, 4.69) is 252 Å². The average Bonchev–Trinajstić information content (AvgIpc) is 3.97. The van der Waals surface area contributed by atoms with Crippen LogP contribution in [0.3, 0.4) is 0 Å². The molecule has 0 saturated carbocycles. The summed E-state index contributed by atoms with van der Waals surface area (Å²) in [7, 11) is 0. The Labute approximate surface area is 399 Å². The Hall–Kier alpha value is -9.18. The van der Waals surface area contributed by atoms with E-state index in [-0.39, 0.29) is 0 Å². The summed E-state index contributed by atoms with van der Waals surface area (Å²) >= 11 is 0. The lowest BCUT2D eigenvalue weighted by atomic mass is 9.94. The third kappa shape index (κ3) is 6.43. The predicted molar refractivity (Wildman–Crippen MR) is 292 cm³/mol. The van der Waals surface area contributed by atoms with Crippen LogP contribution in [-0.2, 0) is 0 Å². The van der Waals surface area contributed by atoms with E-state index < -0.39 is 0 Å². The smallest absolute Gasteiger partial charge is 0.136 e. The van der Waals surface area contributed by atoms with Gasteiger partial charge in [-0.3, -0.25) is 0 Å². The van der Waals surface area contributed by atoms with Gasteiger partial charge >= 0.3 is 0 Å². The number of rotatable bonds is 7. The molecular formula is C66H42N2O. The van der Waals surface area contributed by atoms with Crippen LogP contribution in [0.25, 0.3) is 115 Å². The van der Waals surface area contributed by atoms with Crippen molar-refractivity contribution in [1.29, 1.82) is 0 Å². The number of hydrogen-bond donors (Lipinski definition) is 0. The summed E-state index contributed by atoms with van der Waals surface area (Å²) in [5.41, 5.74) is 15.6. The average molecular weight is 879 g/mol. The third-order valence-corrected chi connectivity index (χ3v) is 14.2. The zero-order chi connectivity index (χ0) is 45.4. The van der Waals surface area contributed by atoms with Crippen LogP contribution in [0, 0.1) is 0 Å². The van der Waals surface area contributed by atoms with Crippen LogP contribution in [0.15, 0.2) is 259 Å². The molecule has 14 aromatic rings. The second kappa shape index (κ2) is 15.7. The standard InChI is InChI=1S/C66H42N2O/c1-2-19-55-53(17-1)54-18-3-4-20-56(54)62-42-52(36-38-57(55)62)67(50-34-29-44(30-35-50)48-31-37-61-60-23-7-10-26-65(60)69-66(61)41-48)49-32-27-43(28-33-49)45-13-11-14-46(39-45)47-15-12-16-51(40-47)68-63-24-8-5-21-58(63)59-22-6-9-25-64(59)68/h1-42H. The van der Waals surface area contributed by atoms with Crippen molar-refractivity contribution in [3.05, 3.63) is 255 Å². The molecule has 12 aromatic carbocycles. The molecule has 322 valence electrons. The first-order chi connectivity index (χ1) is 34.2. The molecular weight excluding hydrogens is 837 g/mol. The van der Waals surface area contributed by atoms with Crippen molar-refractivity contribution in [1.82, 2.24) is 4.57 Å². The summed E-state index contributed by atoms with van der Waals surface area (Å²) in [6.45, 7) is 0. The molecule has 0 amide bonds. The highest BCUT2D eigenvalue weighted by atomic mass is 16.3. The molecule has 0 fully saturated rings. The maximum absolute atomic E-state index is 6.29. The second-order valence-corrected chi connectivity index (χ2v) is 18.1. The maximum atomic E-state index is 6.29. The van der Waals surface area contributed by atoms with E-state index in [4.69, 9.17) is 4.42 Å². The zero-order valence-electron chi connectivity index (χ0n) is 37.6. The number of nitrogens with zero attached hydrogens (tertiary/aromatic N) is 2. The Bertz CT molecular complexity index is 4220. The lowest BCUT2D eigenvalue weighted by molar-refractivity contribution is 0.669. The van der Waals surface area contributed by atoms with Gasteiger partial charge in [0.05, 0.1) is 11.0 Å². The second-order valence-electron chi connectivity index (χ2n) is 18.1. The Morgan fingerprint density at radius 3 is 1.29 bits per heavy atom. The number of hydrogen-bond acceptors (Lipinski definition) is 2. The number of anilines is 3. The summed E-state index contributed by atoms with van der Waals surface area (Å²) in [4.78, 5) is 2.38. The highest BCUT2D eigenvalue weighted by molar-refractivity contribution is 6.26. The number of furan rings is 1. The lowest BCUT2D eigenvalue weighted by Crippen LogP contribution is -2.10. The van der Waals surface area contributed by atoms with Crippen LogP contribution >= 0.6 is 0 Å². The van der Waals surface area contributed by atoms with Gasteiger partial charge in [0.1, 0.15) is 11.2 Å². The van der Waals surface area contributed by atoms with Crippen molar-refractivity contribution in [3.8, 4) is 39.1 Å². The largest absolute Gasteiger partial charge is 0.456 e. The topological polar surface area (TPSA) is 21.3 Å². The third-order valence-electron chi connectivity index (χ3n) is 14.2. The van der Waals surface area contributed by atoms with E-state index >= 15 is 0 Å². The first-order valence-electron chi connectivity index (χ1n) is 23.6. The fourth-order valence-corrected chi connectivity index (χ4v) is 10.9. The van der Waals surface area contributed by atoms with Gasteiger partial charge in [0.15, 0.2) is 0 Å². The van der Waals surface area contributed by atoms with Crippen LogP contribution in [-0.4, -0.2) is 4.57 Å². The minimum Gasteiger partial charge on any atom is -0.456 e. The van der Waals surface area contributed by atoms with Crippen molar-refractivity contribution in [2.45, 2.75) is 0 Å². The molecule has 0 radical (unpaired) electrons. The molecule has 2 heterocycles. The number of aromatic nitrogens is 1. The van der Waals surface area contributed by atoms with Gasteiger partial charge in [-0.05, 0) is 151 Å². The molecule has 3 nitrogen and oxygen atoms in total. The number of benzene rings is 12. The Balaban J connectivity index is 0.852. The molecule has 0 aliphatic rings. The minimum absolute atomic E-state index is 0.897. The molecule has 3 heteroatoms. The normalized spacial score (nSPS) is 11.8. The summed E-state index contributed by atoms with van der Waals surface area (Å²) in [6, 6.07) is 92.5. The first kappa shape index (κ1) is 39.0. The highest BCUT2D eigenvalue weighted by Gasteiger charge is 2.18. The fourth-order valence-electron chi connectivity index (χ4n) is 10.9. The maximum Gasteiger partial charge on any atom is 0.136 e. The molecule has 0 aliphatic heterocycles. The molecule has 0 aliphatic carbocycles. The highest BCUT2D eigenvalue weighted by Crippen LogP contribution is 2.43. The number of fused-ring (bicyclic) bond motifs is 12. The first-order valence-corrected chi connectivity index (χ1v) is 23.6. The Morgan fingerprint density at radius 1 is 0.246 bits per heavy atom. The summed E-state index contributed by atoms with van der Waals surface area (Å²) in [5, 5.41) is 12.3. The van der Waals surface area contributed by atoms with Gasteiger partial charge in [0.2, 0.25) is 0 Å². The summed E-state index contributed by atoms with van der Waals surface area (Å²) < 4.78 is 8.68. The summed E-state index contributed by atoms with van der Waals surface area (Å²) in [5.74, 6) is 0. The van der Waals surface area contributed by atoms with Crippen LogP contribution < -0.4 is 4.90 Å². The molecule has 0 saturated heterocycles. The van der Waals surface area contributed by atoms with Gasteiger partial charge in [0.25, 0.3) is 0 Å². The molecule has 2 aromatic heterocycles. The van der Waals surface area contributed by atoms with Gasteiger partial charge < -0.3 is 13.9 Å². The van der Waals surface area contributed by atoms with Gasteiger partial charge in [-0.2, -0.15) is 0 Å². The fraction of sp³-hybridized carbons (Fsp3) is 0. The molecule has 0 N–H and O–H groups in total. The van der Waals surface area contributed by atoms with Gasteiger partial charge in [-0.25, -0.2) is 0 Å². The molecule has 14 rings (SSSR count). The predicted octanol–water partition coefficient (Wildman–Crippen LogP) is 18.6. The van der Waals surface area contributed by atoms with E-state index in [0.29, 0.717) is 0 Å². The van der Waals surface area contributed by atoms with Crippen LogP contribution in [0.5, 0.6) is 0 Å².